The third kappa shape index (κ3) is 8.77. The Morgan fingerprint density at radius 1 is 1.31 bits per heavy atom. The summed E-state index contributed by atoms with van der Waals surface area (Å²) in [7, 11) is 0. The average Bonchev–Trinajstić information content (AvgIpc) is 2.11. The Bertz CT molecular complexity index is 239. The van der Waals surface area contributed by atoms with E-state index in [1.54, 1.807) is 6.08 Å². The first-order chi connectivity index (χ1) is 6.31. The van der Waals surface area contributed by atoms with Crippen molar-refractivity contribution in [1.29, 1.82) is 0 Å². The maximum atomic E-state index is 5.11. The molecule has 0 aliphatic rings. The highest BCUT2D eigenvalue weighted by molar-refractivity contribution is 5.31. The minimum atomic E-state index is 0.984. The summed E-state index contributed by atoms with van der Waals surface area (Å²) in [6.07, 6.45) is 12.9. The lowest BCUT2D eigenvalue weighted by molar-refractivity contribution is 0.679. The van der Waals surface area contributed by atoms with Crippen molar-refractivity contribution in [2.75, 3.05) is 0 Å². The lowest BCUT2D eigenvalue weighted by Crippen LogP contribution is -1.74. The molecule has 0 rings (SSSR count). The third-order valence-electron chi connectivity index (χ3n) is 1.74. The smallest absolute Gasteiger partial charge is 0.00923 e. The lowest BCUT2D eigenvalue weighted by atomic mass is 10.1. The molecule has 0 unspecified atom stereocenters. The standard InChI is InChI=1S/C13H18/c1-4-6-7-8-9-10-12-13(3)11-5-2/h2,11H,4,6-9H2,1,3H3/b13-11+. The van der Waals surface area contributed by atoms with Gasteiger partial charge in [-0.3, -0.25) is 0 Å². The topological polar surface area (TPSA) is 0 Å². The first kappa shape index (κ1) is 11.9. The van der Waals surface area contributed by atoms with Crippen molar-refractivity contribution in [2.45, 2.75) is 46.0 Å². The molecular formula is C13H18. The third-order valence-corrected chi connectivity index (χ3v) is 1.74. The summed E-state index contributed by atoms with van der Waals surface area (Å²) < 4.78 is 0. The van der Waals surface area contributed by atoms with Crippen molar-refractivity contribution in [3.63, 3.8) is 0 Å². The van der Waals surface area contributed by atoms with Crippen LogP contribution in [0, 0.1) is 24.2 Å². The Morgan fingerprint density at radius 3 is 2.69 bits per heavy atom. The molecule has 0 bridgehead atoms. The van der Waals surface area contributed by atoms with Gasteiger partial charge in [0.25, 0.3) is 0 Å². The quantitative estimate of drug-likeness (QED) is 0.451. The normalized spacial score (nSPS) is 10.1. The summed E-state index contributed by atoms with van der Waals surface area (Å²) in [5, 5.41) is 0. The van der Waals surface area contributed by atoms with Gasteiger partial charge < -0.3 is 0 Å². The minimum Gasteiger partial charge on any atom is -0.115 e. The largest absolute Gasteiger partial charge is 0.115 e. The number of rotatable bonds is 4. The fourth-order valence-corrected chi connectivity index (χ4v) is 1.00. The van der Waals surface area contributed by atoms with E-state index in [1.165, 1.54) is 25.7 Å². The molecule has 0 aliphatic carbocycles. The van der Waals surface area contributed by atoms with E-state index in [0.717, 1.165) is 12.0 Å². The number of hydrogen-bond acceptors (Lipinski definition) is 0. The number of terminal acetylenes is 1. The lowest BCUT2D eigenvalue weighted by Gasteiger charge is -1.91. The molecule has 0 aliphatic heterocycles. The van der Waals surface area contributed by atoms with Crippen LogP contribution in [0.4, 0.5) is 0 Å². The molecule has 0 heteroatoms. The molecule has 0 saturated carbocycles. The second-order valence-corrected chi connectivity index (χ2v) is 3.11. The Morgan fingerprint density at radius 2 is 2.08 bits per heavy atom. The van der Waals surface area contributed by atoms with E-state index in [1.807, 2.05) is 6.92 Å². The van der Waals surface area contributed by atoms with E-state index >= 15 is 0 Å². The zero-order valence-electron chi connectivity index (χ0n) is 8.69. The highest BCUT2D eigenvalue weighted by Crippen LogP contribution is 2.01. The Balaban J connectivity index is 3.52. The van der Waals surface area contributed by atoms with Crippen LogP contribution in [-0.4, -0.2) is 0 Å². The van der Waals surface area contributed by atoms with Crippen molar-refractivity contribution < 1.29 is 0 Å². The molecule has 0 N–H and O–H groups in total. The summed E-state index contributed by atoms with van der Waals surface area (Å²) in [5.41, 5.74) is 0.984. The van der Waals surface area contributed by atoms with Gasteiger partial charge in [0.2, 0.25) is 0 Å². The molecule has 0 atom stereocenters. The van der Waals surface area contributed by atoms with Crippen LogP contribution >= 0.6 is 0 Å². The van der Waals surface area contributed by atoms with Gasteiger partial charge in [-0.25, -0.2) is 0 Å². The van der Waals surface area contributed by atoms with Gasteiger partial charge in [0.05, 0.1) is 0 Å². The zero-order chi connectivity index (χ0) is 9.94. The summed E-state index contributed by atoms with van der Waals surface area (Å²) in [4.78, 5) is 0. The second-order valence-electron chi connectivity index (χ2n) is 3.11. The molecular weight excluding hydrogens is 156 g/mol. The molecule has 0 aromatic rings. The van der Waals surface area contributed by atoms with Crippen LogP contribution in [0.15, 0.2) is 11.6 Å². The van der Waals surface area contributed by atoms with Crippen LogP contribution in [0.1, 0.15) is 46.0 Å². The predicted octanol–water partition coefficient (Wildman–Crippen LogP) is 3.54. The summed E-state index contributed by atoms with van der Waals surface area (Å²) in [6.45, 7) is 4.16. The number of hydrogen-bond donors (Lipinski definition) is 0. The number of allylic oxidation sites excluding steroid dienone is 2. The first-order valence-electron chi connectivity index (χ1n) is 4.93. The maximum absolute atomic E-state index is 5.11. The molecule has 0 aromatic heterocycles. The Hall–Kier alpha value is -1.14. The van der Waals surface area contributed by atoms with Crippen LogP contribution < -0.4 is 0 Å². The molecule has 70 valence electrons. The SMILES string of the molecule is C#C/C=C(\C)C#CCCCCCC. The molecule has 13 heavy (non-hydrogen) atoms. The Labute approximate surface area is 82.4 Å². The van der Waals surface area contributed by atoms with Crippen molar-refractivity contribution in [1.82, 2.24) is 0 Å². The van der Waals surface area contributed by atoms with Crippen LogP contribution in [0.5, 0.6) is 0 Å². The minimum absolute atomic E-state index is 0.984. The van der Waals surface area contributed by atoms with Gasteiger partial charge in [-0.05, 0) is 19.4 Å². The first-order valence-corrected chi connectivity index (χ1v) is 4.93. The summed E-state index contributed by atoms with van der Waals surface area (Å²) >= 11 is 0. The fourth-order valence-electron chi connectivity index (χ4n) is 1.00. The van der Waals surface area contributed by atoms with Crippen molar-refractivity contribution in [3.8, 4) is 24.2 Å². The van der Waals surface area contributed by atoms with E-state index in [9.17, 15) is 0 Å². The molecule has 0 spiro atoms. The van der Waals surface area contributed by atoms with E-state index in [2.05, 4.69) is 24.7 Å². The van der Waals surface area contributed by atoms with Crippen LogP contribution in [0.3, 0.4) is 0 Å². The van der Waals surface area contributed by atoms with E-state index in [4.69, 9.17) is 6.42 Å². The number of unbranched alkanes of at least 4 members (excludes halogenated alkanes) is 4. The molecule has 0 fully saturated rings. The monoisotopic (exact) mass is 174 g/mol. The van der Waals surface area contributed by atoms with Gasteiger partial charge in [0, 0.05) is 12.0 Å². The summed E-state index contributed by atoms with van der Waals surface area (Å²) in [6, 6.07) is 0. The average molecular weight is 174 g/mol. The summed E-state index contributed by atoms with van der Waals surface area (Å²) in [5.74, 6) is 8.61. The molecule has 0 aromatic carbocycles. The van der Waals surface area contributed by atoms with Crippen LogP contribution in [-0.2, 0) is 0 Å². The molecule has 0 saturated heterocycles. The zero-order valence-corrected chi connectivity index (χ0v) is 8.69. The molecule has 0 nitrogen and oxygen atoms in total. The highest BCUT2D eigenvalue weighted by atomic mass is 13.9. The van der Waals surface area contributed by atoms with Crippen molar-refractivity contribution in [2.24, 2.45) is 0 Å². The van der Waals surface area contributed by atoms with Crippen molar-refractivity contribution >= 4 is 0 Å². The Kier molecular flexibility index (Phi) is 8.17. The van der Waals surface area contributed by atoms with E-state index < -0.39 is 0 Å². The van der Waals surface area contributed by atoms with E-state index in [0.29, 0.717) is 0 Å². The van der Waals surface area contributed by atoms with Gasteiger partial charge in [0.1, 0.15) is 0 Å². The fraction of sp³-hybridized carbons (Fsp3) is 0.538. The molecule has 0 radical (unpaired) electrons. The van der Waals surface area contributed by atoms with Gasteiger partial charge >= 0.3 is 0 Å². The molecule has 0 amide bonds. The maximum Gasteiger partial charge on any atom is 0.00923 e. The predicted molar refractivity (Wildman–Crippen MR) is 59.1 cm³/mol. The van der Waals surface area contributed by atoms with Crippen molar-refractivity contribution in [3.05, 3.63) is 11.6 Å². The second kappa shape index (κ2) is 8.95. The van der Waals surface area contributed by atoms with Crippen LogP contribution in [0.2, 0.25) is 0 Å². The van der Waals surface area contributed by atoms with E-state index in [-0.39, 0.29) is 0 Å². The van der Waals surface area contributed by atoms with Gasteiger partial charge in [-0.1, -0.05) is 43.9 Å². The molecule has 0 heterocycles. The van der Waals surface area contributed by atoms with Gasteiger partial charge in [-0.2, -0.15) is 0 Å². The van der Waals surface area contributed by atoms with Gasteiger partial charge in [-0.15, -0.1) is 6.42 Å². The highest BCUT2D eigenvalue weighted by Gasteiger charge is 1.83. The van der Waals surface area contributed by atoms with Crippen LogP contribution in [0.25, 0.3) is 0 Å². The van der Waals surface area contributed by atoms with Gasteiger partial charge in [0.15, 0.2) is 0 Å².